The van der Waals surface area contributed by atoms with E-state index < -0.39 is 0 Å². The van der Waals surface area contributed by atoms with Gasteiger partial charge in [-0.05, 0) is 18.8 Å². The predicted molar refractivity (Wildman–Crippen MR) is 71.1 cm³/mol. The largest absolute Gasteiger partial charge is 0.395 e. The van der Waals surface area contributed by atoms with Crippen LogP contribution in [0.25, 0.3) is 0 Å². The summed E-state index contributed by atoms with van der Waals surface area (Å²) in [4.78, 5) is 0. The third kappa shape index (κ3) is 5.84. The van der Waals surface area contributed by atoms with Gasteiger partial charge in [0.25, 0.3) is 0 Å². The lowest BCUT2D eigenvalue weighted by Gasteiger charge is -2.30. The number of aliphatic hydroxyl groups is 1. The van der Waals surface area contributed by atoms with Crippen LogP contribution in [0.5, 0.6) is 0 Å². The Morgan fingerprint density at radius 3 is 2.71 bits per heavy atom. The summed E-state index contributed by atoms with van der Waals surface area (Å²) in [6, 6.07) is 0.475. The van der Waals surface area contributed by atoms with E-state index >= 15 is 0 Å². The van der Waals surface area contributed by atoms with E-state index in [0.717, 1.165) is 5.92 Å². The normalized spacial score (nSPS) is 27.4. The summed E-state index contributed by atoms with van der Waals surface area (Å²) >= 11 is 0. The van der Waals surface area contributed by atoms with E-state index in [-0.39, 0.29) is 12.6 Å². The smallest absolute Gasteiger partial charge is 0.0645 e. The minimum atomic E-state index is 0.0806. The van der Waals surface area contributed by atoms with Crippen LogP contribution in [0.1, 0.15) is 52.9 Å². The molecule has 1 saturated carbocycles. The second kappa shape index (κ2) is 8.06. The van der Waals surface area contributed by atoms with Gasteiger partial charge >= 0.3 is 0 Å². The number of rotatable bonds is 7. The van der Waals surface area contributed by atoms with Gasteiger partial charge in [0.15, 0.2) is 0 Å². The van der Waals surface area contributed by atoms with Crippen molar-refractivity contribution in [3.05, 3.63) is 0 Å². The Morgan fingerprint density at radius 1 is 1.35 bits per heavy atom. The molecule has 0 amide bonds. The lowest BCUT2D eigenvalue weighted by Crippen LogP contribution is -2.42. The van der Waals surface area contributed by atoms with Crippen LogP contribution in [0.15, 0.2) is 0 Å². The molecule has 102 valence electrons. The van der Waals surface area contributed by atoms with Gasteiger partial charge in [-0.3, -0.25) is 0 Å². The number of aliphatic hydroxyl groups excluding tert-OH is 1. The first-order valence-corrected chi connectivity index (χ1v) is 7.14. The van der Waals surface area contributed by atoms with Crippen LogP contribution in [-0.2, 0) is 4.74 Å². The third-order valence-electron chi connectivity index (χ3n) is 3.63. The quantitative estimate of drug-likeness (QED) is 0.721. The zero-order chi connectivity index (χ0) is 12.7. The maximum absolute atomic E-state index is 9.26. The Kier molecular flexibility index (Phi) is 7.09. The SMILES string of the molecule is CCC1CCCC(OCC(CO)NC(C)C)C1. The Hall–Kier alpha value is -0.120. The minimum absolute atomic E-state index is 0.0806. The fourth-order valence-electron chi connectivity index (χ4n) is 2.64. The van der Waals surface area contributed by atoms with Crippen LogP contribution in [0.3, 0.4) is 0 Å². The van der Waals surface area contributed by atoms with Crippen molar-refractivity contribution in [1.82, 2.24) is 5.32 Å². The predicted octanol–water partition coefficient (Wildman–Crippen LogP) is 2.33. The first kappa shape index (κ1) is 14.9. The third-order valence-corrected chi connectivity index (χ3v) is 3.63. The molecule has 0 aliphatic heterocycles. The zero-order valence-corrected chi connectivity index (χ0v) is 11.6. The summed E-state index contributed by atoms with van der Waals surface area (Å²) < 4.78 is 5.95. The maximum atomic E-state index is 9.26. The molecular weight excluding hydrogens is 214 g/mol. The van der Waals surface area contributed by atoms with Crippen molar-refractivity contribution in [2.75, 3.05) is 13.2 Å². The van der Waals surface area contributed by atoms with Gasteiger partial charge in [0.05, 0.1) is 25.4 Å². The summed E-state index contributed by atoms with van der Waals surface area (Å²) in [6.45, 7) is 7.24. The van der Waals surface area contributed by atoms with Gasteiger partial charge < -0.3 is 15.2 Å². The zero-order valence-electron chi connectivity index (χ0n) is 11.6. The summed E-state index contributed by atoms with van der Waals surface area (Å²) in [6.07, 6.45) is 6.74. The summed E-state index contributed by atoms with van der Waals surface area (Å²) in [5, 5.41) is 12.6. The van der Waals surface area contributed by atoms with Crippen molar-refractivity contribution in [2.45, 2.75) is 71.1 Å². The van der Waals surface area contributed by atoms with Gasteiger partial charge in [0.1, 0.15) is 0 Å². The Morgan fingerprint density at radius 2 is 2.12 bits per heavy atom. The first-order chi connectivity index (χ1) is 8.15. The molecule has 3 atom stereocenters. The van der Waals surface area contributed by atoms with E-state index in [9.17, 15) is 5.11 Å². The molecular formula is C14H29NO2. The molecule has 17 heavy (non-hydrogen) atoms. The average molecular weight is 243 g/mol. The van der Waals surface area contributed by atoms with Crippen molar-refractivity contribution in [3.8, 4) is 0 Å². The van der Waals surface area contributed by atoms with Gasteiger partial charge in [-0.15, -0.1) is 0 Å². The van der Waals surface area contributed by atoms with Crippen LogP contribution in [0.2, 0.25) is 0 Å². The first-order valence-electron chi connectivity index (χ1n) is 7.14. The fraction of sp³-hybridized carbons (Fsp3) is 1.00. The van der Waals surface area contributed by atoms with Crippen molar-refractivity contribution in [3.63, 3.8) is 0 Å². The molecule has 3 heteroatoms. The Balaban J connectivity index is 2.23. The van der Waals surface area contributed by atoms with Crippen molar-refractivity contribution in [2.24, 2.45) is 5.92 Å². The van der Waals surface area contributed by atoms with Crippen molar-refractivity contribution < 1.29 is 9.84 Å². The van der Waals surface area contributed by atoms with E-state index in [1.807, 2.05) is 0 Å². The lowest BCUT2D eigenvalue weighted by atomic mass is 9.85. The fourth-order valence-corrected chi connectivity index (χ4v) is 2.64. The minimum Gasteiger partial charge on any atom is -0.395 e. The monoisotopic (exact) mass is 243 g/mol. The molecule has 1 rings (SSSR count). The molecule has 0 saturated heterocycles. The molecule has 1 aliphatic carbocycles. The molecule has 0 heterocycles. The van der Waals surface area contributed by atoms with Crippen LogP contribution in [0, 0.1) is 5.92 Å². The highest BCUT2D eigenvalue weighted by Crippen LogP contribution is 2.28. The van der Waals surface area contributed by atoms with Gasteiger partial charge in [0, 0.05) is 6.04 Å². The highest BCUT2D eigenvalue weighted by Gasteiger charge is 2.22. The molecule has 1 aliphatic rings. The van der Waals surface area contributed by atoms with E-state index in [1.165, 1.54) is 32.1 Å². The molecule has 0 aromatic carbocycles. The number of ether oxygens (including phenoxy) is 1. The summed E-state index contributed by atoms with van der Waals surface area (Å²) in [7, 11) is 0. The highest BCUT2D eigenvalue weighted by atomic mass is 16.5. The van der Waals surface area contributed by atoms with Gasteiger partial charge in [-0.25, -0.2) is 0 Å². The Labute approximate surface area is 106 Å². The lowest BCUT2D eigenvalue weighted by molar-refractivity contribution is -0.00672. The molecule has 0 bridgehead atoms. The number of hydrogen-bond acceptors (Lipinski definition) is 3. The molecule has 3 nitrogen and oxygen atoms in total. The standard InChI is InChI=1S/C14H29NO2/c1-4-12-6-5-7-14(8-12)17-10-13(9-16)15-11(2)3/h11-16H,4-10H2,1-3H3. The van der Waals surface area contributed by atoms with Gasteiger partial charge in [-0.1, -0.05) is 40.0 Å². The summed E-state index contributed by atoms with van der Waals surface area (Å²) in [5.74, 6) is 0.847. The highest BCUT2D eigenvalue weighted by molar-refractivity contribution is 4.74. The Bertz CT molecular complexity index is 197. The van der Waals surface area contributed by atoms with Crippen LogP contribution in [-0.4, -0.2) is 36.5 Å². The molecule has 1 fully saturated rings. The van der Waals surface area contributed by atoms with Crippen LogP contribution >= 0.6 is 0 Å². The van der Waals surface area contributed by atoms with Crippen molar-refractivity contribution >= 4 is 0 Å². The topological polar surface area (TPSA) is 41.5 Å². The number of hydrogen-bond donors (Lipinski definition) is 2. The van der Waals surface area contributed by atoms with E-state index in [4.69, 9.17) is 4.74 Å². The molecule has 0 aromatic heterocycles. The second-order valence-corrected chi connectivity index (χ2v) is 5.60. The van der Waals surface area contributed by atoms with Gasteiger partial charge in [-0.2, -0.15) is 0 Å². The molecule has 0 aromatic rings. The van der Waals surface area contributed by atoms with Crippen molar-refractivity contribution in [1.29, 1.82) is 0 Å². The molecule has 0 radical (unpaired) electrons. The van der Waals surface area contributed by atoms with E-state index in [1.54, 1.807) is 0 Å². The van der Waals surface area contributed by atoms with Gasteiger partial charge in [0.2, 0.25) is 0 Å². The second-order valence-electron chi connectivity index (χ2n) is 5.60. The molecule has 0 spiro atoms. The van der Waals surface area contributed by atoms with E-state index in [0.29, 0.717) is 18.8 Å². The average Bonchev–Trinajstić information content (AvgIpc) is 2.34. The maximum Gasteiger partial charge on any atom is 0.0645 e. The summed E-state index contributed by atoms with van der Waals surface area (Å²) in [5.41, 5.74) is 0. The number of nitrogens with one attached hydrogen (secondary N) is 1. The van der Waals surface area contributed by atoms with Crippen LogP contribution in [0.4, 0.5) is 0 Å². The molecule has 3 unspecified atom stereocenters. The van der Waals surface area contributed by atoms with Crippen LogP contribution < -0.4 is 5.32 Å². The van der Waals surface area contributed by atoms with E-state index in [2.05, 4.69) is 26.1 Å². The molecule has 2 N–H and O–H groups in total.